The van der Waals surface area contributed by atoms with Gasteiger partial charge in [-0.25, -0.2) is 0 Å². The average Bonchev–Trinajstić information content (AvgIpc) is 2.40. The Labute approximate surface area is 107 Å². The number of hydrogen-bond donors (Lipinski definition) is 2. The lowest BCUT2D eigenvalue weighted by Gasteiger charge is -2.23. The molecule has 1 amide bonds. The number of ether oxygens (including phenoxy) is 1. The van der Waals surface area contributed by atoms with Crippen molar-refractivity contribution in [2.45, 2.75) is 25.9 Å². The lowest BCUT2D eigenvalue weighted by molar-refractivity contribution is 0.0949. The fourth-order valence-corrected chi connectivity index (χ4v) is 1.97. The van der Waals surface area contributed by atoms with Gasteiger partial charge in [-0.05, 0) is 38.9 Å². The molecule has 1 saturated heterocycles. The van der Waals surface area contributed by atoms with Gasteiger partial charge in [0, 0.05) is 18.8 Å². The van der Waals surface area contributed by atoms with Crippen LogP contribution in [0.4, 0.5) is 0 Å². The van der Waals surface area contributed by atoms with Crippen molar-refractivity contribution >= 4 is 5.91 Å². The Bertz CT molecular complexity index is 403. The minimum absolute atomic E-state index is 0.159. The predicted octanol–water partition coefficient (Wildman–Crippen LogP) is 0.962. The molecule has 18 heavy (non-hydrogen) atoms. The summed E-state index contributed by atoms with van der Waals surface area (Å²) in [6.45, 7) is 4.45. The van der Waals surface area contributed by atoms with E-state index in [9.17, 15) is 4.79 Å². The van der Waals surface area contributed by atoms with E-state index >= 15 is 0 Å². The molecule has 0 unspecified atom stereocenters. The van der Waals surface area contributed by atoms with Gasteiger partial charge in [0.2, 0.25) is 0 Å². The second kappa shape index (κ2) is 6.35. The Kier molecular flexibility index (Phi) is 4.52. The standard InChI is InChI=1S/C13H19N3O2/c1-2-15-13(17)12-9-11(5-8-16-12)18-10-3-6-14-7-4-10/h5,8-10,14H,2-4,6-7H2,1H3,(H,15,17). The Hall–Kier alpha value is -1.62. The molecule has 1 aliphatic rings. The highest BCUT2D eigenvalue weighted by Crippen LogP contribution is 2.16. The molecule has 1 aromatic heterocycles. The molecular formula is C13H19N3O2. The molecule has 0 saturated carbocycles. The van der Waals surface area contributed by atoms with Crippen molar-refractivity contribution in [1.82, 2.24) is 15.6 Å². The molecule has 2 heterocycles. The van der Waals surface area contributed by atoms with Gasteiger partial charge in [0.15, 0.2) is 0 Å². The van der Waals surface area contributed by atoms with Crippen molar-refractivity contribution in [1.29, 1.82) is 0 Å². The van der Waals surface area contributed by atoms with Crippen LogP contribution < -0.4 is 15.4 Å². The molecule has 5 nitrogen and oxygen atoms in total. The van der Waals surface area contributed by atoms with E-state index in [1.807, 2.05) is 6.92 Å². The molecule has 1 fully saturated rings. The van der Waals surface area contributed by atoms with Crippen molar-refractivity contribution in [3.8, 4) is 5.75 Å². The maximum Gasteiger partial charge on any atom is 0.270 e. The number of piperidine rings is 1. The van der Waals surface area contributed by atoms with Gasteiger partial charge in [0.05, 0.1) is 0 Å². The summed E-state index contributed by atoms with van der Waals surface area (Å²) in [4.78, 5) is 15.7. The first-order valence-corrected chi connectivity index (χ1v) is 6.41. The number of pyridine rings is 1. The zero-order valence-electron chi connectivity index (χ0n) is 10.6. The molecule has 0 aromatic carbocycles. The van der Waals surface area contributed by atoms with Crippen LogP contribution in [0.25, 0.3) is 0 Å². The van der Waals surface area contributed by atoms with Gasteiger partial charge in [0.25, 0.3) is 5.91 Å². The van der Waals surface area contributed by atoms with Crippen molar-refractivity contribution < 1.29 is 9.53 Å². The van der Waals surface area contributed by atoms with E-state index in [0.717, 1.165) is 31.7 Å². The number of carbonyl (C=O) groups is 1. The van der Waals surface area contributed by atoms with Gasteiger partial charge < -0.3 is 15.4 Å². The fraction of sp³-hybridized carbons (Fsp3) is 0.538. The predicted molar refractivity (Wildman–Crippen MR) is 68.8 cm³/mol. The van der Waals surface area contributed by atoms with Gasteiger partial charge >= 0.3 is 0 Å². The van der Waals surface area contributed by atoms with E-state index in [2.05, 4.69) is 15.6 Å². The lowest BCUT2D eigenvalue weighted by Crippen LogP contribution is -2.34. The summed E-state index contributed by atoms with van der Waals surface area (Å²) in [7, 11) is 0. The van der Waals surface area contributed by atoms with Crippen molar-refractivity contribution in [2.75, 3.05) is 19.6 Å². The van der Waals surface area contributed by atoms with E-state index in [1.54, 1.807) is 18.3 Å². The number of amides is 1. The van der Waals surface area contributed by atoms with Crippen LogP contribution in [-0.4, -0.2) is 36.6 Å². The first-order chi connectivity index (χ1) is 8.79. The Morgan fingerprint density at radius 2 is 2.33 bits per heavy atom. The molecule has 0 bridgehead atoms. The highest BCUT2D eigenvalue weighted by Gasteiger charge is 2.15. The van der Waals surface area contributed by atoms with Crippen LogP contribution in [0.5, 0.6) is 5.75 Å². The molecule has 0 spiro atoms. The molecule has 98 valence electrons. The summed E-state index contributed by atoms with van der Waals surface area (Å²) < 4.78 is 5.86. The van der Waals surface area contributed by atoms with E-state index in [-0.39, 0.29) is 12.0 Å². The number of carbonyl (C=O) groups excluding carboxylic acids is 1. The van der Waals surface area contributed by atoms with Crippen LogP contribution in [0.15, 0.2) is 18.3 Å². The highest BCUT2D eigenvalue weighted by atomic mass is 16.5. The van der Waals surface area contributed by atoms with Crippen LogP contribution in [0.1, 0.15) is 30.3 Å². The molecule has 2 N–H and O–H groups in total. The first kappa shape index (κ1) is 12.8. The first-order valence-electron chi connectivity index (χ1n) is 6.41. The van der Waals surface area contributed by atoms with E-state index in [0.29, 0.717) is 12.2 Å². The smallest absolute Gasteiger partial charge is 0.270 e. The van der Waals surface area contributed by atoms with Gasteiger partial charge in [-0.2, -0.15) is 0 Å². The van der Waals surface area contributed by atoms with E-state index in [4.69, 9.17) is 4.74 Å². The minimum Gasteiger partial charge on any atom is -0.490 e. The summed E-state index contributed by atoms with van der Waals surface area (Å²) in [6, 6.07) is 3.50. The topological polar surface area (TPSA) is 63.2 Å². The van der Waals surface area contributed by atoms with Crippen molar-refractivity contribution in [2.24, 2.45) is 0 Å². The number of nitrogens with zero attached hydrogens (tertiary/aromatic N) is 1. The minimum atomic E-state index is -0.159. The number of rotatable bonds is 4. The molecule has 1 aromatic rings. The van der Waals surface area contributed by atoms with Gasteiger partial charge in [0.1, 0.15) is 17.5 Å². The zero-order chi connectivity index (χ0) is 12.8. The summed E-state index contributed by atoms with van der Waals surface area (Å²) in [6.07, 6.45) is 3.84. The second-order valence-corrected chi connectivity index (χ2v) is 4.30. The maximum absolute atomic E-state index is 11.6. The molecule has 5 heteroatoms. The summed E-state index contributed by atoms with van der Waals surface area (Å²) in [5, 5.41) is 6.02. The van der Waals surface area contributed by atoms with Gasteiger partial charge in [-0.15, -0.1) is 0 Å². The SMILES string of the molecule is CCNC(=O)c1cc(OC2CCNCC2)ccn1. The molecular weight excluding hydrogens is 230 g/mol. The fourth-order valence-electron chi connectivity index (χ4n) is 1.97. The van der Waals surface area contributed by atoms with Crippen LogP contribution in [0, 0.1) is 0 Å². The van der Waals surface area contributed by atoms with Crippen molar-refractivity contribution in [3.05, 3.63) is 24.0 Å². The van der Waals surface area contributed by atoms with Crippen LogP contribution in [0.3, 0.4) is 0 Å². The second-order valence-electron chi connectivity index (χ2n) is 4.30. The lowest BCUT2D eigenvalue weighted by atomic mass is 10.1. The summed E-state index contributed by atoms with van der Waals surface area (Å²) in [5.74, 6) is 0.561. The Morgan fingerprint density at radius 1 is 1.56 bits per heavy atom. The number of nitrogens with one attached hydrogen (secondary N) is 2. The van der Waals surface area contributed by atoms with Gasteiger partial charge in [-0.1, -0.05) is 0 Å². The average molecular weight is 249 g/mol. The maximum atomic E-state index is 11.6. The Balaban J connectivity index is 2.00. The normalized spacial score (nSPS) is 16.3. The third-order valence-corrected chi connectivity index (χ3v) is 2.89. The molecule has 1 aliphatic heterocycles. The third kappa shape index (κ3) is 3.43. The van der Waals surface area contributed by atoms with E-state index in [1.165, 1.54) is 0 Å². The molecule has 0 radical (unpaired) electrons. The molecule has 2 rings (SSSR count). The summed E-state index contributed by atoms with van der Waals surface area (Å²) >= 11 is 0. The Morgan fingerprint density at radius 3 is 3.06 bits per heavy atom. The third-order valence-electron chi connectivity index (χ3n) is 2.89. The monoisotopic (exact) mass is 249 g/mol. The largest absolute Gasteiger partial charge is 0.490 e. The molecule has 0 aliphatic carbocycles. The molecule has 0 atom stereocenters. The quantitative estimate of drug-likeness (QED) is 0.834. The number of aromatic nitrogens is 1. The van der Waals surface area contributed by atoms with E-state index < -0.39 is 0 Å². The summed E-state index contributed by atoms with van der Waals surface area (Å²) in [5.41, 5.74) is 0.406. The number of hydrogen-bond acceptors (Lipinski definition) is 4. The van der Waals surface area contributed by atoms with Gasteiger partial charge in [-0.3, -0.25) is 9.78 Å². The highest BCUT2D eigenvalue weighted by molar-refractivity contribution is 5.92. The van der Waals surface area contributed by atoms with Crippen LogP contribution in [-0.2, 0) is 0 Å². The van der Waals surface area contributed by atoms with Crippen molar-refractivity contribution in [3.63, 3.8) is 0 Å². The zero-order valence-corrected chi connectivity index (χ0v) is 10.6. The van der Waals surface area contributed by atoms with Crippen LogP contribution in [0.2, 0.25) is 0 Å². The van der Waals surface area contributed by atoms with Crippen LogP contribution >= 0.6 is 0 Å².